The van der Waals surface area contributed by atoms with Gasteiger partial charge in [0.2, 0.25) is 5.91 Å². The van der Waals surface area contributed by atoms with Crippen molar-refractivity contribution in [1.29, 1.82) is 0 Å². The molecule has 1 aliphatic rings. The molecule has 1 aromatic carbocycles. The lowest BCUT2D eigenvalue weighted by molar-refractivity contribution is -0.145. The first kappa shape index (κ1) is 15.1. The highest BCUT2D eigenvalue weighted by Gasteiger charge is 2.28. The zero-order valence-corrected chi connectivity index (χ0v) is 13.6. The van der Waals surface area contributed by atoms with Gasteiger partial charge in [0.25, 0.3) is 0 Å². The van der Waals surface area contributed by atoms with E-state index in [1.54, 1.807) is 4.90 Å². The van der Waals surface area contributed by atoms with Crippen LogP contribution in [-0.2, 0) is 16.1 Å². The molecule has 2 heterocycles. The molecule has 6 heteroatoms. The quantitative estimate of drug-likeness (QED) is 0.910. The number of piperidine rings is 1. The lowest BCUT2D eigenvalue weighted by Crippen LogP contribution is -2.43. The summed E-state index contributed by atoms with van der Waals surface area (Å²) in [5, 5.41) is 10.2. The van der Waals surface area contributed by atoms with Gasteiger partial charge in [0.05, 0.1) is 5.92 Å². The number of carbonyl (C=O) groups excluding carboxylic acids is 1. The van der Waals surface area contributed by atoms with Gasteiger partial charge in [0.1, 0.15) is 6.54 Å². The first-order chi connectivity index (χ1) is 10.6. The summed E-state index contributed by atoms with van der Waals surface area (Å²) < 4.78 is 2.91. The average molecular weight is 365 g/mol. The highest BCUT2D eigenvalue weighted by molar-refractivity contribution is 9.10. The molecule has 0 unspecified atom stereocenters. The number of benzene rings is 1. The van der Waals surface area contributed by atoms with Crippen LogP contribution in [-0.4, -0.2) is 39.5 Å². The number of carboxylic acid groups (broad SMARTS) is 1. The molecule has 0 aliphatic carbocycles. The lowest BCUT2D eigenvalue weighted by Gasteiger charge is -2.30. The van der Waals surface area contributed by atoms with Crippen molar-refractivity contribution < 1.29 is 14.7 Å². The predicted molar refractivity (Wildman–Crippen MR) is 86.6 cm³/mol. The third kappa shape index (κ3) is 2.88. The molecule has 0 radical (unpaired) electrons. The van der Waals surface area contributed by atoms with Crippen LogP contribution in [0.2, 0.25) is 0 Å². The van der Waals surface area contributed by atoms with Crippen molar-refractivity contribution in [2.24, 2.45) is 5.92 Å². The number of hydrogen-bond donors (Lipinski definition) is 1. The van der Waals surface area contributed by atoms with Gasteiger partial charge in [-0.2, -0.15) is 0 Å². The molecule has 1 atom stereocenters. The van der Waals surface area contributed by atoms with E-state index >= 15 is 0 Å². The lowest BCUT2D eigenvalue weighted by atomic mass is 9.98. The Hall–Kier alpha value is -1.82. The second kappa shape index (κ2) is 6.12. The van der Waals surface area contributed by atoms with Crippen LogP contribution in [0, 0.1) is 5.92 Å². The third-order valence-electron chi connectivity index (χ3n) is 4.19. The van der Waals surface area contributed by atoms with Crippen molar-refractivity contribution in [2.45, 2.75) is 19.4 Å². The van der Waals surface area contributed by atoms with Gasteiger partial charge in [-0.15, -0.1) is 0 Å². The van der Waals surface area contributed by atoms with Gasteiger partial charge in [0, 0.05) is 34.7 Å². The summed E-state index contributed by atoms with van der Waals surface area (Å²) in [6.45, 7) is 1.20. The molecule has 1 aliphatic heterocycles. The topological polar surface area (TPSA) is 62.5 Å². The summed E-state index contributed by atoms with van der Waals surface area (Å²) in [5.74, 6) is -1.27. The number of carbonyl (C=O) groups is 2. The van der Waals surface area contributed by atoms with Gasteiger partial charge in [-0.1, -0.05) is 22.0 Å². The summed E-state index contributed by atoms with van der Waals surface area (Å²) in [6.07, 6.45) is 3.30. The summed E-state index contributed by atoms with van der Waals surface area (Å²) in [5.41, 5.74) is 0.995. The zero-order chi connectivity index (χ0) is 15.7. The van der Waals surface area contributed by atoms with Crippen molar-refractivity contribution in [1.82, 2.24) is 9.47 Å². The molecule has 1 aromatic heterocycles. The normalized spacial score (nSPS) is 18.6. The molecule has 3 rings (SSSR count). The first-order valence-corrected chi connectivity index (χ1v) is 8.09. The van der Waals surface area contributed by atoms with E-state index in [0.29, 0.717) is 19.5 Å². The molecule has 1 amide bonds. The summed E-state index contributed by atoms with van der Waals surface area (Å²) in [4.78, 5) is 25.2. The maximum atomic E-state index is 12.5. The minimum atomic E-state index is -0.812. The second-order valence-electron chi connectivity index (χ2n) is 5.63. The fourth-order valence-electron chi connectivity index (χ4n) is 2.97. The van der Waals surface area contributed by atoms with Crippen LogP contribution in [0.25, 0.3) is 10.9 Å². The Labute approximate surface area is 136 Å². The van der Waals surface area contributed by atoms with E-state index in [2.05, 4.69) is 15.9 Å². The number of aliphatic carboxylic acids is 1. The molecule has 1 fully saturated rings. The van der Waals surface area contributed by atoms with E-state index in [-0.39, 0.29) is 12.5 Å². The molecule has 0 spiro atoms. The first-order valence-electron chi connectivity index (χ1n) is 7.30. The molecule has 22 heavy (non-hydrogen) atoms. The number of halogens is 1. The summed E-state index contributed by atoms with van der Waals surface area (Å²) in [7, 11) is 0. The van der Waals surface area contributed by atoms with Crippen molar-refractivity contribution in [3.8, 4) is 0 Å². The van der Waals surface area contributed by atoms with Gasteiger partial charge in [0.15, 0.2) is 0 Å². The minimum Gasteiger partial charge on any atom is -0.481 e. The van der Waals surface area contributed by atoms with Crippen molar-refractivity contribution in [3.63, 3.8) is 0 Å². The van der Waals surface area contributed by atoms with Gasteiger partial charge >= 0.3 is 5.97 Å². The van der Waals surface area contributed by atoms with Crippen LogP contribution in [0.15, 0.2) is 34.9 Å². The fraction of sp³-hybridized carbons (Fsp3) is 0.375. The number of nitrogens with zero attached hydrogens (tertiary/aromatic N) is 2. The van der Waals surface area contributed by atoms with E-state index in [4.69, 9.17) is 5.11 Å². The Kier molecular flexibility index (Phi) is 4.20. The third-order valence-corrected chi connectivity index (χ3v) is 4.88. The number of aromatic nitrogens is 1. The van der Waals surface area contributed by atoms with E-state index in [9.17, 15) is 9.59 Å². The maximum Gasteiger partial charge on any atom is 0.308 e. The molecule has 5 nitrogen and oxygen atoms in total. The van der Waals surface area contributed by atoms with Crippen molar-refractivity contribution in [2.75, 3.05) is 13.1 Å². The molecular weight excluding hydrogens is 348 g/mol. The van der Waals surface area contributed by atoms with Crippen LogP contribution >= 0.6 is 15.9 Å². The van der Waals surface area contributed by atoms with Crippen LogP contribution in [0.1, 0.15) is 12.8 Å². The Balaban J connectivity index is 1.76. The van der Waals surface area contributed by atoms with Gasteiger partial charge < -0.3 is 14.6 Å². The predicted octanol–water partition coefficient (Wildman–Crippen LogP) is 2.73. The maximum absolute atomic E-state index is 12.5. The monoisotopic (exact) mass is 364 g/mol. The molecule has 1 saturated heterocycles. The van der Waals surface area contributed by atoms with Gasteiger partial charge in [-0.3, -0.25) is 9.59 Å². The van der Waals surface area contributed by atoms with Gasteiger partial charge in [-0.05, 0) is 31.0 Å². The smallest absolute Gasteiger partial charge is 0.308 e. The van der Waals surface area contributed by atoms with Crippen LogP contribution in [0.5, 0.6) is 0 Å². The number of hydrogen-bond acceptors (Lipinski definition) is 2. The molecule has 0 bridgehead atoms. The van der Waals surface area contributed by atoms with Crippen molar-refractivity contribution in [3.05, 3.63) is 34.9 Å². The molecule has 1 N–H and O–H groups in total. The fourth-order valence-corrected chi connectivity index (χ4v) is 3.46. The number of likely N-dealkylation sites (tertiary alicyclic amines) is 1. The van der Waals surface area contributed by atoms with E-state index in [0.717, 1.165) is 21.8 Å². The highest BCUT2D eigenvalue weighted by atomic mass is 79.9. The SMILES string of the molecule is O=C(O)[C@@H]1CCCN(C(=O)Cn2ccc3c(Br)cccc32)C1. The van der Waals surface area contributed by atoms with Crippen LogP contribution in [0.4, 0.5) is 0 Å². The van der Waals surface area contributed by atoms with Crippen molar-refractivity contribution >= 4 is 38.7 Å². The molecule has 2 aromatic rings. The largest absolute Gasteiger partial charge is 0.481 e. The number of carboxylic acids is 1. The number of rotatable bonds is 3. The van der Waals surface area contributed by atoms with Crippen LogP contribution < -0.4 is 0 Å². The van der Waals surface area contributed by atoms with E-state index in [1.165, 1.54) is 0 Å². The molecule has 0 saturated carbocycles. The van der Waals surface area contributed by atoms with Crippen LogP contribution in [0.3, 0.4) is 0 Å². The Morgan fingerprint density at radius 3 is 2.91 bits per heavy atom. The Bertz CT molecular complexity index is 725. The zero-order valence-electron chi connectivity index (χ0n) is 12.0. The average Bonchev–Trinajstić information content (AvgIpc) is 2.92. The van der Waals surface area contributed by atoms with E-state index in [1.807, 2.05) is 35.0 Å². The number of amides is 1. The number of fused-ring (bicyclic) bond motifs is 1. The second-order valence-corrected chi connectivity index (χ2v) is 6.49. The summed E-state index contributed by atoms with van der Waals surface area (Å²) >= 11 is 3.50. The van der Waals surface area contributed by atoms with E-state index < -0.39 is 11.9 Å². The Morgan fingerprint density at radius 2 is 2.14 bits per heavy atom. The standard InChI is InChI=1S/C16H17BrN2O3/c17-13-4-1-5-14-12(13)6-8-18(14)10-15(20)19-7-2-3-11(9-19)16(21)22/h1,4-6,8,11H,2-3,7,9-10H2,(H,21,22)/t11-/m1/s1. The minimum absolute atomic E-state index is 0.0246. The van der Waals surface area contributed by atoms with Gasteiger partial charge in [-0.25, -0.2) is 0 Å². The Morgan fingerprint density at radius 1 is 1.32 bits per heavy atom. The molecule has 116 valence electrons. The summed E-state index contributed by atoms with van der Waals surface area (Å²) in [6, 6.07) is 7.86. The molecular formula is C16H17BrN2O3. The highest BCUT2D eigenvalue weighted by Crippen LogP contribution is 2.25.